The largest absolute Gasteiger partial charge is 0.356 e. The van der Waals surface area contributed by atoms with Gasteiger partial charge in [-0.15, -0.1) is 0 Å². The Morgan fingerprint density at radius 3 is 2.79 bits per heavy atom. The molecule has 1 heterocycles. The van der Waals surface area contributed by atoms with E-state index >= 15 is 0 Å². The van der Waals surface area contributed by atoms with Crippen molar-refractivity contribution in [3.63, 3.8) is 0 Å². The number of aromatic nitrogens is 2. The molecule has 0 atom stereocenters. The third-order valence-electron chi connectivity index (χ3n) is 2.11. The molecule has 0 saturated carbocycles. The summed E-state index contributed by atoms with van der Waals surface area (Å²) < 4.78 is 1.13. The Hall–Kier alpha value is -0.390. The smallest absolute Gasteiger partial charge is 0.145 e. The summed E-state index contributed by atoms with van der Waals surface area (Å²) in [7, 11) is 0. The molecule has 0 aliphatic carbocycles. The Kier molecular flexibility index (Phi) is 5.14. The molecule has 0 amide bonds. The van der Waals surface area contributed by atoms with E-state index in [-0.39, 0.29) is 0 Å². The second-order valence-electron chi connectivity index (χ2n) is 3.13. The van der Waals surface area contributed by atoms with Gasteiger partial charge in [-0.05, 0) is 35.9 Å². The van der Waals surface area contributed by atoms with Gasteiger partial charge in [0.25, 0.3) is 0 Å². The standard InChI is InChI=1S/C10H16IN3/c1-3-5-6-14(4-2)10-9(11)7-12-8-13-10/h7-8H,3-6H2,1-2H3. The van der Waals surface area contributed by atoms with Crippen LogP contribution < -0.4 is 4.90 Å². The fraction of sp³-hybridized carbons (Fsp3) is 0.600. The Labute approximate surface area is 99.1 Å². The highest BCUT2D eigenvalue weighted by Crippen LogP contribution is 2.18. The summed E-state index contributed by atoms with van der Waals surface area (Å²) in [6, 6.07) is 0. The van der Waals surface area contributed by atoms with Crippen molar-refractivity contribution >= 4 is 28.4 Å². The molecule has 78 valence electrons. The first-order valence-electron chi connectivity index (χ1n) is 5.00. The van der Waals surface area contributed by atoms with E-state index in [4.69, 9.17) is 0 Å². The number of hydrogen-bond donors (Lipinski definition) is 0. The molecule has 0 aliphatic heterocycles. The molecule has 1 aromatic heterocycles. The first-order chi connectivity index (χ1) is 6.79. The van der Waals surface area contributed by atoms with Crippen molar-refractivity contribution in [1.29, 1.82) is 0 Å². The molecular weight excluding hydrogens is 289 g/mol. The lowest BCUT2D eigenvalue weighted by atomic mass is 10.3. The molecule has 14 heavy (non-hydrogen) atoms. The maximum atomic E-state index is 4.31. The van der Waals surface area contributed by atoms with Crippen LogP contribution in [0.25, 0.3) is 0 Å². The normalized spacial score (nSPS) is 10.2. The van der Waals surface area contributed by atoms with E-state index in [1.165, 1.54) is 12.8 Å². The highest BCUT2D eigenvalue weighted by Gasteiger charge is 2.08. The molecule has 1 aromatic rings. The van der Waals surface area contributed by atoms with Crippen molar-refractivity contribution in [2.24, 2.45) is 0 Å². The van der Waals surface area contributed by atoms with Gasteiger partial charge in [-0.2, -0.15) is 0 Å². The van der Waals surface area contributed by atoms with Crippen LogP contribution in [-0.4, -0.2) is 23.1 Å². The molecule has 0 bridgehead atoms. The molecule has 0 fully saturated rings. The third kappa shape index (κ3) is 3.08. The van der Waals surface area contributed by atoms with Crippen LogP contribution in [0.2, 0.25) is 0 Å². The average molecular weight is 305 g/mol. The molecule has 0 aromatic carbocycles. The molecule has 0 N–H and O–H groups in total. The second kappa shape index (κ2) is 6.16. The van der Waals surface area contributed by atoms with Crippen molar-refractivity contribution in [2.45, 2.75) is 26.7 Å². The number of rotatable bonds is 5. The predicted octanol–water partition coefficient (Wildman–Crippen LogP) is 2.71. The zero-order valence-electron chi connectivity index (χ0n) is 8.70. The van der Waals surface area contributed by atoms with Crippen LogP contribution in [0.1, 0.15) is 26.7 Å². The quantitative estimate of drug-likeness (QED) is 0.783. The lowest BCUT2D eigenvalue weighted by Crippen LogP contribution is -2.25. The van der Waals surface area contributed by atoms with E-state index in [9.17, 15) is 0 Å². The minimum Gasteiger partial charge on any atom is -0.356 e. The maximum absolute atomic E-state index is 4.31. The summed E-state index contributed by atoms with van der Waals surface area (Å²) in [6.45, 7) is 6.46. The van der Waals surface area contributed by atoms with Crippen LogP contribution in [-0.2, 0) is 0 Å². The highest BCUT2D eigenvalue weighted by atomic mass is 127. The molecule has 0 spiro atoms. The highest BCUT2D eigenvalue weighted by molar-refractivity contribution is 14.1. The Morgan fingerprint density at radius 2 is 2.21 bits per heavy atom. The van der Waals surface area contributed by atoms with E-state index in [2.05, 4.69) is 51.3 Å². The van der Waals surface area contributed by atoms with Crippen LogP contribution >= 0.6 is 22.6 Å². The second-order valence-corrected chi connectivity index (χ2v) is 4.29. The number of anilines is 1. The van der Waals surface area contributed by atoms with Gasteiger partial charge in [0.2, 0.25) is 0 Å². The number of unbranched alkanes of at least 4 members (excludes halogenated alkanes) is 1. The van der Waals surface area contributed by atoms with Gasteiger partial charge in [0, 0.05) is 19.3 Å². The van der Waals surface area contributed by atoms with Gasteiger partial charge in [0.15, 0.2) is 0 Å². The minimum absolute atomic E-state index is 1.01. The van der Waals surface area contributed by atoms with Crippen LogP contribution in [0, 0.1) is 3.57 Å². The SMILES string of the molecule is CCCCN(CC)c1ncncc1I. The van der Waals surface area contributed by atoms with Crippen LogP contribution in [0.15, 0.2) is 12.5 Å². The van der Waals surface area contributed by atoms with Crippen molar-refractivity contribution in [3.05, 3.63) is 16.1 Å². The Bertz CT molecular complexity index is 278. The van der Waals surface area contributed by atoms with Gasteiger partial charge >= 0.3 is 0 Å². The summed E-state index contributed by atoms with van der Waals surface area (Å²) in [5.74, 6) is 1.07. The van der Waals surface area contributed by atoms with Crippen molar-refractivity contribution in [3.8, 4) is 0 Å². The van der Waals surface area contributed by atoms with Gasteiger partial charge < -0.3 is 4.90 Å². The van der Waals surface area contributed by atoms with Crippen LogP contribution in [0.3, 0.4) is 0 Å². The fourth-order valence-corrected chi connectivity index (χ4v) is 1.94. The number of halogens is 1. The van der Waals surface area contributed by atoms with Crippen molar-refractivity contribution in [2.75, 3.05) is 18.0 Å². The Morgan fingerprint density at radius 1 is 1.43 bits per heavy atom. The molecule has 0 saturated heterocycles. The van der Waals surface area contributed by atoms with Gasteiger partial charge in [0.05, 0.1) is 3.57 Å². The predicted molar refractivity (Wildman–Crippen MR) is 67.5 cm³/mol. The average Bonchev–Trinajstić information content (AvgIpc) is 2.21. The zero-order valence-corrected chi connectivity index (χ0v) is 10.9. The molecule has 0 radical (unpaired) electrons. The van der Waals surface area contributed by atoms with E-state index in [1.807, 2.05) is 6.20 Å². The molecule has 3 nitrogen and oxygen atoms in total. The van der Waals surface area contributed by atoms with E-state index in [1.54, 1.807) is 6.33 Å². The lowest BCUT2D eigenvalue weighted by molar-refractivity contribution is 0.721. The Balaban J connectivity index is 2.73. The topological polar surface area (TPSA) is 29.0 Å². The summed E-state index contributed by atoms with van der Waals surface area (Å²) in [5.41, 5.74) is 0. The monoisotopic (exact) mass is 305 g/mol. The molecular formula is C10H16IN3. The van der Waals surface area contributed by atoms with Gasteiger partial charge in [-0.25, -0.2) is 9.97 Å². The van der Waals surface area contributed by atoms with Crippen LogP contribution in [0.4, 0.5) is 5.82 Å². The summed E-state index contributed by atoms with van der Waals surface area (Å²) in [6.07, 6.45) is 5.91. The number of hydrogen-bond acceptors (Lipinski definition) is 3. The zero-order chi connectivity index (χ0) is 10.4. The van der Waals surface area contributed by atoms with Gasteiger partial charge in [0.1, 0.15) is 12.1 Å². The van der Waals surface area contributed by atoms with Gasteiger partial charge in [-0.1, -0.05) is 13.3 Å². The van der Waals surface area contributed by atoms with Crippen LogP contribution in [0.5, 0.6) is 0 Å². The fourth-order valence-electron chi connectivity index (χ4n) is 1.30. The summed E-state index contributed by atoms with van der Waals surface area (Å²) >= 11 is 2.28. The van der Waals surface area contributed by atoms with Gasteiger partial charge in [-0.3, -0.25) is 0 Å². The van der Waals surface area contributed by atoms with E-state index in [0.717, 1.165) is 22.5 Å². The van der Waals surface area contributed by atoms with Crippen molar-refractivity contribution < 1.29 is 0 Å². The first kappa shape index (κ1) is 11.7. The first-order valence-corrected chi connectivity index (χ1v) is 6.07. The van der Waals surface area contributed by atoms with E-state index in [0.29, 0.717) is 0 Å². The maximum Gasteiger partial charge on any atom is 0.145 e. The molecule has 0 unspecified atom stereocenters. The van der Waals surface area contributed by atoms with Crippen molar-refractivity contribution in [1.82, 2.24) is 9.97 Å². The minimum atomic E-state index is 1.01. The molecule has 4 heteroatoms. The number of nitrogens with zero attached hydrogens (tertiary/aromatic N) is 3. The molecule has 0 aliphatic rings. The van der Waals surface area contributed by atoms with E-state index < -0.39 is 0 Å². The summed E-state index contributed by atoms with van der Waals surface area (Å²) in [4.78, 5) is 10.6. The lowest BCUT2D eigenvalue weighted by Gasteiger charge is -2.22. The third-order valence-corrected chi connectivity index (χ3v) is 2.87. The summed E-state index contributed by atoms with van der Waals surface area (Å²) in [5, 5.41) is 0. The molecule has 1 rings (SSSR count).